The summed E-state index contributed by atoms with van der Waals surface area (Å²) in [6.45, 7) is 0.359. The average molecular weight is 304 g/mol. The lowest BCUT2D eigenvalue weighted by Crippen LogP contribution is -2.31. The van der Waals surface area contributed by atoms with Crippen LogP contribution in [0.4, 0.5) is 14.5 Å². The Morgan fingerprint density at radius 3 is 2.32 bits per heavy atom. The number of hydrogen-bond acceptors (Lipinski definition) is 2. The first kappa shape index (κ1) is 15.9. The van der Waals surface area contributed by atoms with E-state index in [0.29, 0.717) is 6.54 Å². The molecule has 0 aliphatic rings. The van der Waals surface area contributed by atoms with Crippen molar-refractivity contribution in [1.82, 2.24) is 5.32 Å². The standard InChI is InChI=1S/C17H18F2N2O/c18-14-9-4-10-15(19)17(14)21-12-16(22)20-11-5-8-13-6-2-1-3-7-13/h1-4,6-7,9-10,21H,5,8,11-12H2,(H,20,22). The van der Waals surface area contributed by atoms with Crippen LogP contribution in [0.25, 0.3) is 0 Å². The van der Waals surface area contributed by atoms with Gasteiger partial charge in [0.1, 0.15) is 17.3 Å². The summed E-state index contributed by atoms with van der Waals surface area (Å²) in [6.07, 6.45) is 1.68. The summed E-state index contributed by atoms with van der Waals surface area (Å²) in [6, 6.07) is 13.5. The van der Waals surface area contributed by atoms with Crippen LogP contribution in [0.15, 0.2) is 48.5 Å². The third-order valence-corrected chi connectivity index (χ3v) is 3.20. The molecule has 22 heavy (non-hydrogen) atoms. The van der Waals surface area contributed by atoms with E-state index in [-0.39, 0.29) is 18.1 Å². The molecule has 2 aromatic carbocycles. The summed E-state index contributed by atoms with van der Waals surface area (Å²) < 4.78 is 26.7. The van der Waals surface area contributed by atoms with E-state index < -0.39 is 11.6 Å². The molecule has 0 bridgehead atoms. The molecule has 0 aliphatic heterocycles. The summed E-state index contributed by atoms with van der Waals surface area (Å²) in [5.41, 5.74) is 0.935. The molecule has 116 valence electrons. The number of aryl methyl sites for hydroxylation is 1. The van der Waals surface area contributed by atoms with Crippen LogP contribution in [0.3, 0.4) is 0 Å². The molecular weight excluding hydrogens is 286 g/mol. The summed E-state index contributed by atoms with van der Waals surface area (Å²) >= 11 is 0. The third-order valence-electron chi connectivity index (χ3n) is 3.20. The lowest BCUT2D eigenvalue weighted by atomic mass is 10.1. The van der Waals surface area contributed by atoms with Gasteiger partial charge in [-0.1, -0.05) is 36.4 Å². The summed E-state index contributed by atoms with van der Waals surface area (Å²) in [5, 5.41) is 5.19. The molecule has 0 saturated heterocycles. The molecule has 2 aromatic rings. The molecule has 0 atom stereocenters. The first-order valence-electron chi connectivity index (χ1n) is 7.15. The molecule has 0 aliphatic carbocycles. The van der Waals surface area contributed by atoms with E-state index in [1.807, 2.05) is 30.3 Å². The highest BCUT2D eigenvalue weighted by Gasteiger charge is 2.09. The van der Waals surface area contributed by atoms with E-state index in [9.17, 15) is 13.6 Å². The highest BCUT2D eigenvalue weighted by Crippen LogP contribution is 2.17. The fourth-order valence-electron chi connectivity index (χ4n) is 2.06. The zero-order valence-corrected chi connectivity index (χ0v) is 12.1. The Hall–Kier alpha value is -2.43. The zero-order valence-electron chi connectivity index (χ0n) is 12.1. The van der Waals surface area contributed by atoms with Crippen molar-refractivity contribution < 1.29 is 13.6 Å². The van der Waals surface area contributed by atoms with Gasteiger partial charge in [0, 0.05) is 6.54 Å². The van der Waals surface area contributed by atoms with Crippen LogP contribution >= 0.6 is 0 Å². The van der Waals surface area contributed by atoms with Crippen molar-refractivity contribution in [2.45, 2.75) is 12.8 Å². The summed E-state index contributed by atoms with van der Waals surface area (Å²) in [4.78, 5) is 11.6. The SMILES string of the molecule is O=C(CNc1c(F)cccc1F)NCCCc1ccccc1. The van der Waals surface area contributed by atoms with E-state index in [1.54, 1.807) is 0 Å². The fraction of sp³-hybridized carbons (Fsp3) is 0.235. The van der Waals surface area contributed by atoms with Gasteiger partial charge < -0.3 is 10.6 Å². The van der Waals surface area contributed by atoms with Crippen LogP contribution in [-0.2, 0) is 11.2 Å². The smallest absolute Gasteiger partial charge is 0.239 e. The maximum atomic E-state index is 13.4. The Labute approximate surface area is 128 Å². The fourth-order valence-corrected chi connectivity index (χ4v) is 2.06. The van der Waals surface area contributed by atoms with Crippen LogP contribution in [0.5, 0.6) is 0 Å². The lowest BCUT2D eigenvalue weighted by Gasteiger charge is -2.09. The number of amides is 1. The number of carbonyl (C=O) groups is 1. The number of rotatable bonds is 7. The van der Waals surface area contributed by atoms with Gasteiger partial charge in [0.25, 0.3) is 0 Å². The van der Waals surface area contributed by atoms with Crippen LogP contribution < -0.4 is 10.6 Å². The second-order valence-electron chi connectivity index (χ2n) is 4.89. The molecule has 2 rings (SSSR count). The summed E-state index contributed by atoms with van der Waals surface area (Å²) in [5.74, 6) is -1.72. The minimum absolute atomic E-state index is 0.164. The van der Waals surface area contributed by atoms with Gasteiger partial charge in [-0.05, 0) is 30.5 Å². The van der Waals surface area contributed by atoms with Crippen LogP contribution in [0.1, 0.15) is 12.0 Å². The van der Waals surface area contributed by atoms with Crippen molar-refractivity contribution in [1.29, 1.82) is 0 Å². The number of benzene rings is 2. The van der Waals surface area contributed by atoms with Crippen LogP contribution in [0.2, 0.25) is 0 Å². The average Bonchev–Trinajstić information content (AvgIpc) is 2.52. The topological polar surface area (TPSA) is 41.1 Å². The maximum Gasteiger partial charge on any atom is 0.239 e. The normalized spacial score (nSPS) is 10.3. The number of nitrogens with one attached hydrogen (secondary N) is 2. The van der Waals surface area contributed by atoms with Gasteiger partial charge in [-0.3, -0.25) is 4.79 Å². The minimum Gasteiger partial charge on any atom is -0.371 e. The molecule has 0 aromatic heterocycles. The molecule has 2 N–H and O–H groups in total. The van der Waals surface area contributed by atoms with Gasteiger partial charge in [-0.25, -0.2) is 8.78 Å². The second kappa shape index (κ2) is 8.12. The van der Waals surface area contributed by atoms with Gasteiger partial charge in [0.15, 0.2) is 0 Å². The molecule has 3 nitrogen and oxygen atoms in total. The van der Waals surface area contributed by atoms with Crippen molar-refractivity contribution in [2.24, 2.45) is 0 Å². The Kier molecular flexibility index (Phi) is 5.89. The van der Waals surface area contributed by atoms with Crippen molar-refractivity contribution in [3.63, 3.8) is 0 Å². The Balaban J connectivity index is 1.68. The van der Waals surface area contributed by atoms with E-state index in [4.69, 9.17) is 0 Å². The van der Waals surface area contributed by atoms with Gasteiger partial charge in [0.2, 0.25) is 5.91 Å². The monoisotopic (exact) mass is 304 g/mol. The van der Waals surface area contributed by atoms with E-state index in [1.165, 1.54) is 11.6 Å². The maximum absolute atomic E-state index is 13.4. The number of para-hydroxylation sites is 1. The minimum atomic E-state index is -0.711. The Morgan fingerprint density at radius 2 is 1.64 bits per heavy atom. The van der Waals surface area contributed by atoms with Crippen molar-refractivity contribution in [3.8, 4) is 0 Å². The largest absolute Gasteiger partial charge is 0.371 e. The first-order chi connectivity index (χ1) is 10.7. The van der Waals surface area contributed by atoms with Gasteiger partial charge in [0.05, 0.1) is 6.54 Å². The molecule has 0 fully saturated rings. The zero-order chi connectivity index (χ0) is 15.8. The van der Waals surface area contributed by atoms with Crippen molar-refractivity contribution >= 4 is 11.6 Å². The molecule has 5 heteroatoms. The summed E-state index contributed by atoms with van der Waals surface area (Å²) in [7, 11) is 0. The van der Waals surface area contributed by atoms with Crippen molar-refractivity contribution in [2.75, 3.05) is 18.4 Å². The van der Waals surface area contributed by atoms with E-state index in [2.05, 4.69) is 10.6 Å². The molecular formula is C17H18F2N2O. The molecule has 0 heterocycles. The number of hydrogen-bond donors (Lipinski definition) is 2. The Morgan fingerprint density at radius 1 is 0.955 bits per heavy atom. The first-order valence-corrected chi connectivity index (χ1v) is 7.15. The predicted molar refractivity (Wildman–Crippen MR) is 82.6 cm³/mol. The predicted octanol–water partition coefficient (Wildman–Crippen LogP) is 3.13. The number of carbonyl (C=O) groups excluding carboxylic acids is 1. The van der Waals surface area contributed by atoms with Gasteiger partial charge in [-0.15, -0.1) is 0 Å². The van der Waals surface area contributed by atoms with Gasteiger partial charge >= 0.3 is 0 Å². The Bertz CT molecular complexity index is 597. The molecule has 1 amide bonds. The highest BCUT2D eigenvalue weighted by atomic mass is 19.1. The highest BCUT2D eigenvalue weighted by molar-refractivity contribution is 5.80. The van der Waals surface area contributed by atoms with Crippen LogP contribution in [-0.4, -0.2) is 19.0 Å². The van der Waals surface area contributed by atoms with Gasteiger partial charge in [-0.2, -0.15) is 0 Å². The molecule has 0 saturated carbocycles. The van der Waals surface area contributed by atoms with Crippen LogP contribution in [0, 0.1) is 11.6 Å². The molecule has 0 spiro atoms. The quantitative estimate of drug-likeness (QED) is 0.772. The number of anilines is 1. The van der Waals surface area contributed by atoms with E-state index in [0.717, 1.165) is 25.0 Å². The van der Waals surface area contributed by atoms with E-state index >= 15 is 0 Å². The lowest BCUT2D eigenvalue weighted by molar-refractivity contribution is -0.119. The molecule has 0 unspecified atom stereocenters. The van der Waals surface area contributed by atoms with Crippen molar-refractivity contribution in [3.05, 3.63) is 65.7 Å². The number of halogens is 2. The second-order valence-corrected chi connectivity index (χ2v) is 4.89. The third kappa shape index (κ3) is 4.84. The molecule has 0 radical (unpaired) electrons.